The van der Waals surface area contributed by atoms with Crippen LogP contribution in [0.2, 0.25) is 0 Å². The minimum atomic E-state index is -0.124. The van der Waals surface area contributed by atoms with E-state index >= 15 is 0 Å². The summed E-state index contributed by atoms with van der Waals surface area (Å²) < 4.78 is 8.37. The minimum absolute atomic E-state index is 0.124. The molecule has 3 nitrogen and oxygen atoms in total. The van der Waals surface area contributed by atoms with Crippen LogP contribution in [0.5, 0.6) is 0 Å². The van der Waals surface area contributed by atoms with Gasteiger partial charge in [-0.1, -0.05) is 144 Å². The predicted molar refractivity (Wildman–Crippen MR) is 298 cm³/mol. The van der Waals surface area contributed by atoms with E-state index in [2.05, 4.69) is 240 Å². The Hall–Kier alpha value is -7.43. The van der Waals surface area contributed by atoms with Crippen LogP contribution in [0.15, 0.2) is 164 Å². The van der Waals surface area contributed by atoms with E-state index in [1.807, 2.05) is 0 Å². The lowest BCUT2D eigenvalue weighted by molar-refractivity contribution is 1.26. The number of fused-ring (bicyclic) bond motifs is 21. The molecule has 4 aliphatic heterocycles. The molecule has 6 heteroatoms. The Morgan fingerprint density at radius 2 is 0.507 bits per heavy atom. The van der Waals surface area contributed by atoms with Gasteiger partial charge in [0.15, 0.2) is 0 Å². The van der Waals surface area contributed by atoms with Gasteiger partial charge in [-0.2, -0.15) is 0 Å². The van der Waals surface area contributed by atoms with Crippen LogP contribution in [-0.2, 0) is 0 Å². The van der Waals surface area contributed by atoms with Crippen molar-refractivity contribution in [3.8, 4) is 66.8 Å². The van der Waals surface area contributed by atoms with E-state index in [4.69, 9.17) is 0 Å². The highest BCUT2D eigenvalue weighted by atomic mass is 15.3. The van der Waals surface area contributed by atoms with Crippen LogP contribution < -0.4 is 30.6 Å². The molecule has 0 amide bonds. The third kappa shape index (κ3) is 6.10. The van der Waals surface area contributed by atoms with Gasteiger partial charge in [-0.15, -0.1) is 0 Å². The van der Waals surface area contributed by atoms with E-state index in [0.29, 0.717) is 0 Å². The van der Waals surface area contributed by atoms with Crippen molar-refractivity contribution >= 4 is 54.4 Å². The molecule has 4 aliphatic rings. The fraction of sp³-hybridized carbons (Fsp3) is 0.143. The first-order valence-corrected chi connectivity index (χ1v) is 24.7. The molecule has 0 aliphatic carbocycles. The Labute approximate surface area is 409 Å². The summed E-state index contributed by atoms with van der Waals surface area (Å²) in [6.45, 7) is 19.8. The highest BCUT2D eigenvalue weighted by molar-refractivity contribution is 7.16. The highest BCUT2D eigenvalue weighted by Gasteiger charge is 2.61. The molecule has 1 saturated heterocycles. The molecular formula is C63H54B3N3. The Kier molecular flexibility index (Phi) is 9.25. The lowest BCUT2D eigenvalue weighted by Gasteiger charge is -2.61. The first kappa shape index (κ1) is 41.7. The third-order valence-electron chi connectivity index (χ3n) is 15.9. The van der Waals surface area contributed by atoms with Gasteiger partial charge in [0.2, 0.25) is 0 Å². The second kappa shape index (κ2) is 15.3. The van der Waals surface area contributed by atoms with Gasteiger partial charge in [-0.3, -0.25) is 0 Å². The van der Waals surface area contributed by atoms with Gasteiger partial charge < -0.3 is 14.2 Å². The van der Waals surface area contributed by atoms with Gasteiger partial charge in [0, 0.05) is 33.8 Å². The summed E-state index contributed by atoms with van der Waals surface area (Å²) in [6, 6.07) is 63.8. The van der Waals surface area contributed by atoms with Crippen LogP contribution >= 0.6 is 0 Å². The van der Waals surface area contributed by atoms with Crippen molar-refractivity contribution in [2.75, 3.05) is 14.2 Å². The molecule has 0 bridgehead atoms. The van der Waals surface area contributed by atoms with Crippen molar-refractivity contribution in [3.63, 3.8) is 0 Å². The van der Waals surface area contributed by atoms with Crippen molar-refractivity contribution < 1.29 is 0 Å². The number of anilines is 3. The third-order valence-corrected chi connectivity index (χ3v) is 15.9. The van der Waals surface area contributed by atoms with Crippen LogP contribution in [0.4, 0.5) is 17.1 Å². The standard InChI is InChI=1S/C63H54B3N3/c1-37-28-40(4)61(41(5)29-37)46-22-25-58-52(34-46)49-16-10-13-19-55(49)64-67(58)65-56-20-14-11-17-50(56)53-35-48(63-44(8)32-39(3)33-45(63)9)24-27-60(53)69(65)66-57-21-15-12-18-51(57)54-36-47(23-26-59(54)68(64)66)62-42(6)30-38(2)31-43(62)7/h10-36H,1-9H3. The molecule has 0 radical (unpaired) electrons. The van der Waals surface area contributed by atoms with Crippen molar-refractivity contribution in [3.05, 3.63) is 214 Å². The lowest BCUT2D eigenvalue weighted by atomic mass is 9.34. The topological polar surface area (TPSA) is 9.72 Å². The van der Waals surface area contributed by atoms with Gasteiger partial charge in [-0.25, -0.2) is 0 Å². The molecule has 1 fully saturated rings. The number of hydrogen-bond donors (Lipinski definition) is 0. The van der Waals surface area contributed by atoms with Crippen LogP contribution in [0.25, 0.3) is 66.8 Å². The zero-order chi connectivity index (χ0) is 47.1. The molecule has 69 heavy (non-hydrogen) atoms. The minimum Gasteiger partial charge on any atom is -0.416 e. The van der Waals surface area contributed by atoms with Gasteiger partial charge >= 0.3 is 20.9 Å². The van der Waals surface area contributed by atoms with Crippen LogP contribution in [0, 0.1) is 62.3 Å². The smallest absolute Gasteiger partial charge is 0.389 e. The molecule has 9 aromatic rings. The van der Waals surface area contributed by atoms with E-state index in [9.17, 15) is 0 Å². The number of rotatable bonds is 3. The molecule has 0 spiro atoms. The zero-order valence-corrected chi connectivity index (χ0v) is 41.2. The van der Waals surface area contributed by atoms with Gasteiger partial charge in [0.1, 0.15) is 0 Å². The second-order valence-electron chi connectivity index (χ2n) is 20.6. The Morgan fingerprint density at radius 1 is 0.261 bits per heavy atom. The number of benzene rings is 9. The quantitative estimate of drug-likeness (QED) is 0.164. The second-order valence-corrected chi connectivity index (χ2v) is 20.6. The molecule has 0 N–H and O–H groups in total. The highest BCUT2D eigenvalue weighted by Crippen LogP contribution is 2.51. The van der Waals surface area contributed by atoms with Crippen molar-refractivity contribution in [1.82, 2.24) is 0 Å². The van der Waals surface area contributed by atoms with E-state index in [1.165, 1.54) is 150 Å². The molecule has 13 rings (SSSR count). The molecule has 330 valence electrons. The van der Waals surface area contributed by atoms with E-state index in [1.54, 1.807) is 0 Å². The Balaban J connectivity index is 1.11. The molecule has 0 unspecified atom stereocenters. The van der Waals surface area contributed by atoms with Crippen LogP contribution in [0.3, 0.4) is 0 Å². The van der Waals surface area contributed by atoms with Crippen LogP contribution in [-0.4, -0.2) is 20.9 Å². The first-order chi connectivity index (χ1) is 33.4. The number of aryl methyl sites for hydroxylation is 9. The maximum absolute atomic E-state index is 2.79. The van der Waals surface area contributed by atoms with Crippen molar-refractivity contribution in [2.45, 2.75) is 62.3 Å². The van der Waals surface area contributed by atoms with E-state index in [-0.39, 0.29) is 20.9 Å². The fourth-order valence-electron chi connectivity index (χ4n) is 13.7. The van der Waals surface area contributed by atoms with Gasteiger partial charge in [0.25, 0.3) is 0 Å². The van der Waals surface area contributed by atoms with E-state index in [0.717, 1.165) is 0 Å². The number of nitrogens with zero attached hydrogens (tertiary/aromatic N) is 3. The zero-order valence-electron chi connectivity index (χ0n) is 41.2. The molecule has 0 saturated carbocycles. The largest absolute Gasteiger partial charge is 0.416 e. The summed E-state index contributed by atoms with van der Waals surface area (Å²) in [4.78, 5) is 0. The lowest BCUT2D eigenvalue weighted by Crippen LogP contribution is -2.88. The maximum atomic E-state index is 2.79. The normalized spacial score (nSPS) is 13.7. The average Bonchev–Trinajstić information content (AvgIpc) is 3.32. The summed E-state index contributed by atoms with van der Waals surface area (Å²) in [7, 11) is 0. The molecule has 9 aromatic carbocycles. The summed E-state index contributed by atoms with van der Waals surface area (Å²) >= 11 is 0. The van der Waals surface area contributed by atoms with E-state index < -0.39 is 0 Å². The summed E-state index contributed by atoms with van der Waals surface area (Å²) in [5.41, 5.74) is 35.0. The summed E-state index contributed by atoms with van der Waals surface area (Å²) in [5, 5.41) is 0. The maximum Gasteiger partial charge on any atom is 0.389 e. The fourth-order valence-corrected chi connectivity index (χ4v) is 13.7. The van der Waals surface area contributed by atoms with Crippen molar-refractivity contribution in [1.29, 1.82) is 0 Å². The molecule has 4 heterocycles. The average molecular weight is 886 g/mol. The Morgan fingerprint density at radius 3 is 0.768 bits per heavy atom. The van der Waals surface area contributed by atoms with Gasteiger partial charge in [0.05, 0.1) is 0 Å². The van der Waals surface area contributed by atoms with Crippen molar-refractivity contribution in [2.24, 2.45) is 0 Å². The number of hydrogen-bond acceptors (Lipinski definition) is 3. The monoisotopic (exact) mass is 885 g/mol. The molecule has 0 atom stereocenters. The summed E-state index contributed by atoms with van der Waals surface area (Å²) in [5.74, 6) is 0. The predicted octanol–water partition coefficient (Wildman–Crippen LogP) is 13.4. The first-order valence-electron chi connectivity index (χ1n) is 24.7. The van der Waals surface area contributed by atoms with Crippen LogP contribution in [0.1, 0.15) is 50.1 Å². The van der Waals surface area contributed by atoms with Gasteiger partial charge in [-0.05, 0) is 199 Å². The SMILES string of the molecule is Cc1cc(C)c(-c2ccc3c(c2)-c2ccccc2B2N3B3c4ccccc4-c4cc(-c5c(C)cc(C)cc5C)ccc4N3B3c4ccccc4-c4cc(-c5c(C)cc(C)cc5C)ccc4N23)c(C)c1. The molecule has 0 aromatic heterocycles. The molecular weight excluding hydrogens is 831 g/mol. The Bertz CT molecular complexity index is 3220. The summed E-state index contributed by atoms with van der Waals surface area (Å²) in [6.07, 6.45) is 0.